The van der Waals surface area contributed by atoms with E-state index in [4.69, 9.17) is 9.72 Å². The molecule has 35 heavy (non-hydrogen) atoms. The molecular weight excluding hydrogens is 528 g/mol. The van der Waals surface area contributed by atoms with Gasteiger partial charge in [0.1, 0.15) is 10.3 Å². The number of hydrogen-bond donors (Lipinski definition) is 0. The lowest BCUT2D eigenvalue weighted by molar-refractivity contribution is -0.121. The van der Waals surface area contributed by atoms with E-state index >= 15 is 0 Å². The molecule has 190 valence electrons. The largest absolute Gasteiger partial charge is 0.379 e. The lowest BCUT2D eigenvalue weighted by Crippen LogP contribution is -2.48. The number of hydrogen-bond acceptors (Lipinski definition) is 8. The van der Waals surface area contributed by atoms with Crippen LogP contribution in [-0.4, -0.2) is 80.5 Å². The molecule has 0 aliphatic carbocycles. The van der Waals surface area contributed by atoms with Crippen LogP contribution in [0.25, 0.3) is 10.2 Å². The monoisotopic (exact) mass is 556 g/mol. The van der Waals surface area contributed by atoms with Gasteiger partial charge in [-0.15, -0.1) is 23.7 Å². The Kier molecular flexibility index (Phi) is 8.80. The van der Waals surface area contributed by atoms with Gasteiger partial charge in [0.05, 0.1) is 23.4 Å². The van der Waals surface area contributed by atoms with E-state index in [1.165, 1.54) is 27.0 Å². The molecule has 2 aromatic heterocycles. The van der Waals surface area contributed by atoms with Crippen LogP contribution in [0.1, 0.15) is 19.3 Å². The zero-order valence-electron chi connectivity index (χ0n) is 19.2. The smallest absolute Gasteiger partial charge is 0.253 e. The van der Waals surface area contributed by atoms with Gasteiger partial charge in [-0.25, -0.2) is 13.4 Å². The van der Waals surface area contributed by atoms with Crippen LogP contribution >= 0.6 is 35.1 Å². The first-order valence-corrected chi connectivity index (χ1v) is 14.7. The average Bonchev–Trinajstić information content (AvgIpc) is 3.62. The number of thiazole rings is 1. The van der Waals surface area contributed by atoms with E-state index < -0.39 is 16.1 Å². The average molecular weight is 557 g/mol. The number of carbonyl (C=O) groups excluding carboxylic acids is 1. The highest BCUT2D eigenvalue weighted by molar-refractivity contribution is 7.91. The lowest BCUT2D eigenvalue weighted by atomic mass is 10.2. The van der Waals surface area contributed by atoms with Gasteiger partial charge in [-0.3, -0.25) is 14.6 Å². The Morgan fingerprint density at radius 2 is 1.94 bits per heavy atom. The Morgan fingerprint density at radius 3 is 2.69 bits per heavy atom. The normalized spacial score (nSPS) is 19.6. The summed E-state index contributed by atoms with van der Waals surface area (Å²) in [6.07, 6.45) is 1.98. The number of nitrogens with zero attached hydrogens (tertiary/aromatic N) is 4. The van der Waals surface area contributed by atoms with Gasteiger partial charge >= 0.3 is 0 Å². The first kappa shape index (κ1) is 26.5. The number of halogens is 1. The quantitative estimate of drug-likeness (QED) is 0.421. The Bertz CT molecular complexity index is 1200. The van der Waals surface area contributed by atoms with Gasteiger partial charge in [0.2, 0.25) is 5.91 Å². The molecule has 0 radical (unpaired) electrons. The molecule has 0 N–H and O–H groups in total. The SMILES string of the molecule is Cl.O=C(C1CCCN1S(=O)(=O)c1cccs1)N(CCCN1CCOCC1)c1nc2ccccc2s1. The third-order valence-corrected chi connectivity index (χ3v) is 10.6. The number of benzene rings is 1. The molecule has 8 nitrogen and oxygen atoms in total. The summed E-state index contributed by atoms with van der Waals surface area (Å²) < 4.78 is 34.7. The molecule has 4 heterocycles. The van der Waals surface area contributed by atoms with E-state index in [9.17, 15) is 13.2 Å². The number of amides is 1. The number of sulfonamides is 1. The maximum Gasteiger partial charge on any atom is 0.253 e. The molecular formula is C23H29ClN4O4S3. The van der Waals surface area contributed by atoms with Gasteiger partial charge < -0.3 is 4.74 Å². The molecule has 2 aliphatic rings. The molecule has 1 amide bonds. The van der Waals surface area contributed by atoms with Crippen LogP contribution in [0.15, 0.2) is 46.0 Å². The van der Waals surface area contributed by atoms with Crippen molar-refractivity contribution >= 4 is 66.4 Å². The second kappa shape index (κ2) is 11.6. The summed E-state index contributed by atoms with van der Waals surface area (Å²) in [7, 11) is -3.70. The fourth-order valence-electron chi connectivity index (χ4n) is 4.53. The first-order chi connectivity index (χ1) is 16.5. The number of morpholine rings is 1. The predicted molar refractivity (Wildman–Crippen MR) is 142 cm³/mol. The minimum Gasteiger partial charge on any atom is -0.379 e. The summed E-state index contributed by atoms with van der Waals surface area (Å²) >= 11 is 2.67. The van der Waals surface area contributed by atoms with Crippen LogP contribution in [0, 0.1) is 0 Å². The topological polar surface area (TPSA) is 83.1 Å². The fraction of sp³-hybridized carbons (Fsp3) is 0.478. The van der Waals surface area contributed by atoms with Crippen LogP contribution in [0.3, 0.4) is 0 Å². The van der Waals surface area contributed by atoms with E-state index in [1.54, 1.807) is 22.4 Å². The number of ether oxygens (including phenoxy) is 1. The zero-order valence-corrected chi connectivity index (χ0v) is 22.5. The molecule has 0 bridgehead atoms. The number of aromatic nitrogens is 1. The molecule has 5 rings (SSSR count). The number of anilines is 1. The maximum absolute atomic E-state index is 13.9. The summed E-state index contributed by atoms with van der Waals surface area (Å²) in [6, 6.07) is 10.5. The Morgan fingerprint density at radius 1 is 1.14 bits per heavy atom. The van der Waals surface area contributed by atoms with Crippen LogP contribution in [0.4, 0.5) is 5.13 Å². The van der Waals surface area contributed by atoms with Gasteiger partial charge in [0.25, 0.3) is 10.0 Å². The summed E-state index contributed by atoms with van der Waals surface area (Å²) in [5, 5.41) is 2.38. The molecule has 0 saturated carbocycles. The highest BCUT2D eigenvalue weighted by Gasteiger charge is 2.42. The second-order valence-corrected chi connectivity index (χ2v) is 12.5. The fourth-order valence-corrected chi connectivity index (χ4v) is 8.30. The summed E-state index contributed by atoms with van der Waals surface area (Å²) in [6.45, 7) is 4.97. The minimum absolute atomic E-state index is 0. The van der Waals surface area contributed by atoms with Gasteiger partial charge in [-0.05, 0) is 42.8 Å². The summed E-state index contributed by atoms with van der Waals surface area (Å²) in [5.74, 6) is -0.182. The molecule has 2 aliphatic heterocycles. The molecule has 1 atom stereocenters. The number of carbonyl (C=O) groups is 1. The zero-order chi connectivity index (χ0) is 23.5. The lowest BCUT2D eigenvalue weighted by Gasteiger charge is -2.30. The van der Waals surface area contributed by atoms with Gasteiger partial charge in [0.15, 0.2) is 5.13 Å². The van der Waals surface area contributed by atoms with Gasteiger partial charge in [0, 0.05) is 32.7 Å². The molecule has 3 aromatic rings. The number of para-hydroxylation sites is 1. The van der Waals surface area contributed by atoms with E-state index in [1.807, 2.05) is 24.3 Å². The van der Waals surface area contributed by atoms with Gasteiger partial charge in [-0.1, -0.05) is 29.5 Å². The van der Waals surface area contributed by atoms with Crippen molar-refractivity contribution in [2.24, 2.45) is 0 Å². The Hall–Kier alpha value is -1.60. The summed E-state index contributed by atoms with van der Waals surface area (Å²) in [4.78, 5) is 22.7. The van der Waals surface area contributed by atoms with Crippen LogP contribution < -0.4 is 4.90 Å². The molecule has 0 spiro atoms. The third kappa shape index (κ3) is 5.71. The van der Waals surface area contributed by atoms with Crippen LogP contribution in [0.2, 0.25) is 0 Å². The van der Waals surface area contributed by atoms with E-state index in [2.05, 4.69) is 4.90 Å². The van der Waals surface area contributed by atoms with Crippen molar-refractivity contribution in [3.05, 3.63) is 41.8 Å². The number of rotatable bonds is 8. The van der Waals surface area contributed by atoms with Gasteiger partial charge in [-0.2, -0.15) is 4.31 Å². The van der Waals surface area contributed by atoms with Crippen molar-refractivity contribution in [3.63, 3.8) is 0 Å². The van der Waals surface area contributed by atoms with Crippen molar-refractivity contribution in [3.8, 4) is 0 Å². The maximum atomic E-state index is 13.9. The van der Waals surface area contributed by atoms with Crippen molar-refractivity contribution in [1.82, 2.24) is 14.2 Å². The van der Waals surface area contributed by atoms with E-state index in [0.29, 0.717) is 31.1 Å². The molecule has 1 aromatic carbocycles. The number of fused-ring (bicyclic) bond motifs is 1. The van der Waals surface area contributed by atoms with Crippen molar-refractivity contribution < 1.29 is 17.9 Å². The molecule has 12 heteroatoms. The number of thiophene rings is 1. The Balaban J connectivity index is 0.00000289. The highest BCUT2D eigenvalue weighted by atomic mass is 35.5. The Labute approximate surface area is 220 Å². The van der Waals surface area contributed by atoms with Crippen LogP contribution in [-0.2, 0) is 19.6 Å². The highest BCUT2D eigenvalue weighted by Crippen LogP contribution is 2.33. The molecule has 2 saturated heterocycles. The summed E-state index contributed by atoms with van der Waals surface area (Å²) in [5.41, 5.74) is 0.850. The van der Waals surface area contributed by atoms with Crippen molar-refractivity contribution in [2.75, 3.05) is 50.8 Å². The standard InChI is InChI=1S/C23H28N4O4S3.ClH/c28-22(19-7-3-12-27(19)34(29,30)21-9-4-17-32-21)26(11-5-10-25-13-15-31-16-14-25)23-24-18-6-1-2-8-20(18)33-23;/h1-2,4,6,8-9,17,19H,3,5,7,10-16H2;1H. The van der Waals surface area contributed by atoms with Crippen LogP contribution in [0.5, 0.6) is 0 Å². The first-order valence-electron chi connectivity index (χ1n) is 11.6. The third-order valence-electron chi connectivity index (χ3n) is 6.29. The predicted octanol–water partition coefficient (Wildman–Crippen LogP) is 3.69. The van der Waals surface area contributed by atoms with Crippen molar-refractivity contribution in [1.29, 1.82) is 0 Å². The molecule has 2 fully saturated rings. The van der Waals surface area contributed by atoms with Crippen molar-refractivity contribution in [2.45, 2.75) is 29.5 Å². The van der Waals surface area contributed by atoms with E-state index in [-0.39, 0.29) is 22.5 Å². The minimum atomic E-state index is -3.70. The second-order valence-electron chi connectivity index (χ2n) is 8.47. The molecule has 1 unspecified atom stereocenters. The van der Waals surface area contributed by atoms with E-state index in [0.717, 1.165) is 49.5 Å².